The second-order valence-corrected chi connectivity index (χ2v) is 6.86. The van der Waals surface area contributed by atoms with Gasteiger partial charge in [0.2, 0.25) is 5.91 Å². The molecule has 8 heteroatoms. The average Bonchev–Trinajstić information content (AvgIpc) is 2.75. The van der Waals surface area contributed by atoms with E-state index in [0.717, 1.165) is 12.1 Å². The van der Waals surface area contributed by atoms with Gasteiger partial charge in [-0.2, -0.15) is 0 Å². The molecule has 0 atom stereocenters. The lowest BCUT2D eigenvalue weighted by Gasteiger charge is -2.12. The molecule has 0 radical (unpaired) electrons. The molecule has 2 rings (SSSR count). The molecule has 0 aromatic heterocycles. The van der Waals surface area contributed by atoms with Crippen LogP contribution in [0.4, 0.5) is 11.4 Å². The second-order valence-electron chi connectivity index (χ2n) is 6.86. The van der Waals surface area contributed by atoms with Crippen LogP contribution in [0, 0.1) is 0 Å². The summed E-state index contributed by atoms with van der Waals surface area (Å²) in [6.07, 6.45) is 0.731. The van der Waals surface area contributed by atoms with Crippen molar-refractivity contribution in [2.45, 2.75) is 6.42 Å². The van der Waals surface area contributed by atoms with Crippen molar-refractivity contribution >= 4 is 29.1 Å². The molecule has 0 saturated carbocycles. The number of anilines is 2. The first-order valence-corrected chi connectivity index (χ1v) is 9.63. The number of carbonyl (C=O) groups is 3. The van der Waals surface area contributed by atoms with E-state index in [9.17, 15) is 14.4 Å². The van der Waals surface area contributed by atoms with Gasteiger partial charge in [0.15, 0.2) is 0 Å². The molecule has 160 valence electrons. The third kappa shape index (κ3) is 7.21. The van der Waals surface area contributed by atoms with E-state index in [0.29, 0.717) is 30.0 Å². The number of rotatable bonds is 10. The third-order valence-electron chi connectivity index (χ3n) is 4.21. The minimum absolute atomic E-state index is 0.0500. The van der Waals surface area contributed by atoms with E-state index in [-0.39, 0.29) is 24.3 Å². The fourth-order valence-corrected chi connectivity index (χ4v) is 2.64. The molecule has 2 aromatic rings. The normalized spacial score (nSPS) is 10.2. The first kappa shape index (κ1) is 22.9. The Morgan fingerprint density at radius 2 is 1.70 bits per heavy atom. The van der Waals surface area contributed by atoms with Gasteiger partial charge in [0.1, 0.15) is 0 Å². The van der Waals surface area contributed by atoms with Crippen LogP contribution >= 0.6 is 0 Å². The van der Waals surface area contributed by atoms with Gasteiger partial charge in [0.05, 0.1) is 6.54 Å². The molecule has 0 aliphatic carbocycles. The van der Waals surface area contributed by atoms with Crippen LogP contribution in [0.3, 0.4) is 0 Å². The van der Waals surface area contributed by atoms with E-state index in [1.165, 1.54) is 4.90 Å². The highest BCUT2D eigenvalue weighted by Gasteiger charge is 2.09. The number of nitrogens with zero attached hydrogens (tertiary/aromatic N) is 1. The molecule has 30 heavy (non-hydrogen) atoms. The fraction of sp³-hybridized carbons (Fsp3) is 0.318. The molecule has 2 aromatic carbocycles. The molecule has 0 fully saturated rings. The predicted octanol–water partition coefficient (Wildman–Crippen LogP) is 2.21. The SMILES string of the molecule is COCCCNC(=O)c1cccc(NC(=O)CNc2ccc(C(=O)N(C)C)cc2)c1. The highest BCUT2D eigenvalue weighted by Crippen LogP contribution is 2.12. The summed E-state index contributed by atoms with van der Waals surface area (Å²) in [5, 5.41) is 8.58. The Labute approximate surface area is 176 Å². The summed E-state index contributed by atoms with van der Waals surface area (Å²) in [4.78, 5) is 37.8. The molecule has 0 aliphatic rings. The van der Waals surface area contributed by atoms with E-state index in [2.05, 4.69) is 16.0 Å². The Bertz CT molecular complexity index is 866. The predicted molar refractivity (Wildman–Crippen MR) is 117 cm³/mol. The summed E-state index contributed by atoms with van der Waals surface area (Å²) < 4.78 is 4.95. The Kier molecular flexibility index (Phi) is 8.83. The maximum atomic E-state index is 12.2. The lowest BCUT2D eigenvalue weighted by atomic mass is 10.2. The molecule has 0 saturated heterocycles. The molecule has 0 spiro atoms. The monoisotopic (exact) mass is 412 g/mol. The summed E-state index contributed by atoms with van der Waals surface area (Å²) in [5.74, 6) is -0.532. The first-order valence-electron chi connectivity index (χ1n) is 9.63. The molecule has 0 heterocycles. The number of hydrogen-bond acceptors (Lipinski definition) is 5. The minimum atomic E-state index is -0.249. The van der Waals surface area contributed by atoms with Gasteiger partial charge in [-0.15, -0.1) is 0 Å². The van der Waals surface area contributed by atoms with Crippen LogP contribution in [0.1, 0.15) is 27.1 Å². The molecule has 0 unspecified atom stereocenters. The standard InChI is InChI=1S/C22H28N4O4/c1-26(2)22(29)16-8-10-18(11-9-16)24-15-20(27)25-19-7-4-6-17(14-19)21(28)23-12-5-13-30-3/h4,6-11,14,24H,5,12-13,15H2,1-3H3,(H,23,28)(H,25,27). The molecule has 0 aliphatic heterocycles. The minimum Gasteiger partial charge on any atom is -0.385 e. The number of benzene rings is 2. The summed E-state index contributed by atoms with van der Waals surface area (Å²) in [7, 11) is 5.00. The van der Waals surface area contributed by atoms with Gasteiger partial charge in [-0.25, -0.2) is 0 Å². The summed E-state index contributed by atoms with van der Waals surface area (Å²) >= 11 is 0. The van der Waals surface area contributed by atoms with Crippen LogP contribution in [0.15, 0.2) is 48.5 Å². The van der Waals surface area contributed by atoms with Crippen molar-refractivity contribution in [3.05, 3.63) is 59.7 Å². The number of methoxy groups -OCH3 is 1. The summed E-state index contributed by atoms with van der Waals surface area (Å²) in [6, 6.07) is 13.7. The highest BCUT2D eigenvalue weighted by molar-refractivity contribution is 5.98. The number of amides is 3. The van der Waals surface area contributed by atoms with Gasteiger partial charge in [-0.3, -0.25) is 14.4 Å². The zero-order chi connectivity index (χ0) is 21.9. The highest BCUT2D eigenvalue weighted by atomic mass is 16.5. The first-order chi connectivity index (χ1) is 14.4. The van der Waals surface area contributed by atoms with Crippen molar-refractivity contribution in [2.75, 3.05) is 51.5 Å². The van der Waals surface area contributed by atoms with Crippen molar-refractivity contribution in [1.82, 2.24) is 10.2 Å². The largest absolute Gasteiger partial charge is 0.385 e. The second kappa shape index (κ2) is 11.6. The van der Waals surface area contributed by atoms with E-state index < -0.39 is 0 Å². The Morgan fingerprint density at radius 3 is 2.37 bits per heavy atom. The fourth-order valence-electron chi connectivity index (χ4n) is 2.64. The topological polar surface area (TPSA) is 99.8 Å². The number of nitrogens with one attached hydrogen (secondary N) is 3. The lowest BCUT2D eigenvalue weighted by molar-refractivity contribution is -0.114. The van der Waals surface area contributed by atoms with E-state index >= 15 is 0 Å². The zero-order valence-corrected chi connectivity index (χ0v) is 17.5. The Balaban J connectivity index is 1.85. The Morgan fingerprint density at radius 1 is 0.967 bits per heavy atom. The van der Waals surface area contributed by atoms with Crippen molar-refractivity contribution in [1.29, 1.82) is 0 Å². The smallest absolute Gasteiger partial charge is 0.253 e. The van der Waals surface area contributed by atoms with Gasteiger partial charge < -0.3 is 25.6 Å². The zero-order valence-electron chi connectivity index (χ0n) is 17.5. The molecule has 3 N–H and O–H groups in total. The third-order valence-corrected chi connectivity index (χ3v) is 4.21. The quantitative estimate of drug-likeness (QED) is 0.520. The van der Waals surface area contributed by atoms with Gasteiger partial charge in [-0.05, 0) is 48.9 Å². The van der Waals surface area contributed by atoms with Gasteiger partial charge in [0.25, 0.3) is 11.8 Å². The van der Waals surface area contributed by atoms with E-state index in [1.807, 2.05) is 0 Å². The van der Waals surface area contributed by atoms with E-state index in [1.54, 1.807) is 69.7 Å². The molecule has 0 bridgehead atoms. The van der Waals surface area contributed by atoms with Crippen LogP contribution in [-0.2, 0) is 9.53 Å². The van der Waals surface area contributed by atoms with Gasteiger partial charge in [0, 0.05) is 56.9 Å². The maximum Gasteiger partial charge on any atom is 0.253 e. The van der Waals surface area contributed by atoms with Crippen molar-refractivity contribution < 1.29 is 19.1 Å². The number of carbonyl (C=O) groups excluding carboxylic acids is 3. The summed E-state index contributed by atoms with van der Waals surface area (Å²) in [6.45, 7) is 1.15. The molecular formula is C22H28N4O4. The van der Waals surface area contributed by atoms with Crippen LogP contribution in [0.2, 0.25) is 0 Å². The molecule has 8 nitrogen and oxygen atoms in total. The van der Waals surface area contributed by atoms with Crippen molar-refractivity contribution in [3.63, 3.8) is 0 Å². The molecule has 3 amide bonds. The van der Waals surface area contributed by atoms with Crippen molar-refractivity contribution in [3.8, 4) is 0 Å². The Hall–Kier alpha value is -3.39. The van der Waals surface area contributed by atoms with E-state index in [4.69, 9.17) is 4.74 Å². The van der Waals surface area contributed by atoms with Crippen LogP contribution in [0.25, 0.3) is 0 Å². The number of hydrogen-bond donors (Lipinski definition) is 3. The average molecular weight is 412 g/mol. The molecular weight excluding hydrogens is 384 g/mol. The maximum absolute atomic E-state index is 12.2. The van der Waals surface area contributed by atoms with Gasteiger partial charge in [-0.1, -0.05) is 6.07 Å². The van der Waals surface area contributed by atoms with Crippen LogP contribution < -0.4 is 16.0 Å². The van der Waals surface area contributed by atoms with Gasteiger partial charge >= 0.3 is 0 Å². The van der Waals surface area contributed by atoms with Crippen LogP contribution in [-0.4, -0.2) is 63.5 Å². The summed E-state index contributed by atoms with van der Waals surface area (Å²) in [5.41, 5.74) is 2.31. The lowest BCUT2D eigenvalue weighted by Crippen LogP contribution is -2.25. The van der Waals surface area contributed by atoms with Crippen molar-refractivity contribution in [2.24, 2.45) is 0 Å². The van der Waals surface area contributed by atoms with Crippen LogP contribution in [0.5, 0.6) is 0 Å². The number of ether oxygens (including phenoxy) is 1.